The number of nitrogens with zero attached hydrogens (tertiary/aromatic N) is 2. The highest BCUT2D eigenvalue weighted by molar-refractivity contribution is 5.19. The number of H-pyrrole nitrogens is 1. The second-order valence-corrected chi connectivity index (χ2v) is 4.72. The molecule has 114 valence electrons. The van der Waals surface area contributed by atoms with Gasteiger partial charge in [0.2, 0.25) is 0 Å². The molecule has 1 aromatic heterocycles. The zero-order chi connectivity index (χ0) is 15.5. The Labute approximate surface area is 120 Å². The Bertz CT molecular complexity index is 297. The molecule has 0 bridgehead atoms. The first-order chi connectivity index (χ1) is 9.07. The number of aromatic nitrogens is 2. The summed E-state index contributed by atoms with van der Waals surface area (Å²) in [6, 6.07) is 0. The molecule has 0 spiro atoms. The van der Waals surface area contributed by atoms with Crippen LogP contribution in [0.3, 0.4) is 0 Å². The summed E-state index contributed by atoms with van der Waals surface area (Å²) in [6.45, 7) is 21.0. The monoisotopic (exact) mass is 269 g/mol. The minimum Gasteiger partial charge on any atom is -0.294 e. The Hall–Kier alpha value is -0.830. The highest BCUT2D eigenvalue weighted by atomic mass is 15.2. The fraction of sp³-hybridized carbons (Fsp3) is 0.812. The third-order valence-corrected chi connectivity index (χ3v) is 2.75. The predicted octanol–water partition coefficient (Wildman–Crippen LogP) is 4.64. The maximum absolute atomic E-state index is 4.07. The van der Waals surface area contributed by atoms with Gasteiger partial charge < -0.3 is 0 Å². The van der Waals surface area contributed by atoms with Gasteiger partial charge in [-0.3, -0.25) is 10.00 Å². The number of rotatable bonds is 0. The zero-order valence-electron chi connectivity index (χ0n) is 14.6. The summed E-state index contributed by atoms with van der Waals surface area (Å²) < 4.78 is 0. The molecule has 0 aromatic carbocycles. The molecule has 1 aromatic rings. The van der Waals surface area contributed by atoms with E-state index in [2.05, 4.69) is 35.9 Å². The van der Waals surface area contributed by atoms with Crippen molar-refractivity contribution in [3.63, 3.8) is 0 Å². The van der Waals surface area contributed by atoms with E-state index in [0.717, 1.165) is 19.5 Å². The molecular weight excluding hydrogens is 234 g/mol. The fourth-order valence-electron chi connectivity index (χ4n) is 1.79. The SMILES string of the molecule is CC.CC.CC.CC(C)(C)N1CCc2[nH]ncc2C1. The van der Waals surface area contributed by atoms with Gasteiger partial charge in [0.15, 0.2) is 0 Å². The molecule has 3 heteroatoms. The lowest BCUT2D eigenvalue weighted by molar-refractivity contribution is 0.120. The molecule has 1 aliphatic rings. The molecule has 0 saturated carbocycles. The lowest BCUT2D eigenvalue weighted by Crippen LogP contribution is -2.44. The fourth-order valence-corrected chi connectivity index (χ4v) is 1.79. The molecule has 3 nitrogen and oxygen atoms in total. The molecule has 19 heavy (non-hydrogen) atoms. The lowest BCUT2D eigenvalue weighted by Gasteiger charge is -2.37. The topological polar surface area (TPSA) is 31.9 Å². The number of hydrogen-bond donors (Lipinski definition) is 1. The molecule has 0 aliphatic carbocycles. The van der Waals surface area contributed by atoms with Gasteiger partial charge in [0.05, 0.1) is 6.20 Å². The van der Waals surface area contributed by atoms with Crippen molar-refractivity contribution in [2.75, 3.05) is 6.54 Å². The smallest absolute Gasteiger partial charge is 0.0535 e. The van der Waals surface area contributed by atoms with E-state index in [1.807, 2.05) is 47.7 Å². The second-order valence-electron chi connectivity index (χ2n) is 4.72. The maximum Gasteiger partial charge on any atom is 0.0535 e. The quantitative estimate of drug-likeness (QED) is 0.743. The highest BCUT2D eigenvalue weighted by Crippen LogP contribution is 2.23. The molecule has 0 atom stereocenters. The Kier molecular flexibility index (Phi) is 11.9. The Balaban J connectivity index is 0. The van der Waals surface area contributed by atoms with Crippen molar-refractivity contribution in [1.82, 2.24) is 15.1 Å². The molecule has 0 amide bonds. The van der Waals surface area contributed by atoms with Crippen LogP contribution in [0.5, 0.6) is 0 Å². The van der Waals surface area contributed by atoms with Crippen LogP contribution in [0.2, 0.25) is 0 Å². The van der Waals surface area contributed by atoms with Crippen LogP contribution in [0.1, 0.15) is 73.6 Å². The first-order valence-electron chi connectivity index (χ1n) is 7.83. The molecule has 2 rings (SSSR count). The first kappa shape index (κ1) is 20.5. The minimum atomic E-state index is 0.273. The second kappa shape index (κ2) is 11.0. The molecule has 1 aliphatic heterocycles. The van der Waals surface area contributed by atoms with Crippen molar-refractivity contribution in [1.29, 1.82) is 0 Å². The van der Waals surface area contributed by atoms with E-state index in [1.165, 1.54) is 11.3 Å². The van der Waals surface area contributed by atoms with Gasteiger partial charge in [-0.25, -0.2) is 0 Å². The Morgan fingerprint density at radius 2 is 1.58 bits per heavy atom. The molecule has 0 unspecified atom stereocenters. The molecule has 2 heterocycles. The van der Waals surface area contributed by atoms with Crippen LogP contribution in [-0.4, -0.2) is 27.2 Å². The maximum atomic E-state index is 4.07. The molecule has 1 N–H and O–H groups in total. The minimum absolute atomic E-state index is 0.273. The van der Waals surface area contributed by atoms with Crippen LogP contribution in [0.25, 0.3) is 0 Å². The summed E-state index contributed by atoms with van der Waals surface area (Å²) in [6.07, 6.45) is 3.06. The van der Waals surface area contributed by atoms with E-state index in [4.69, 9.17) is 0 Å². The van der Waals surface area contributed by atoms with Crippen LogP contribution in [-0.2, 0) is 13.0 Å². The van der Waals surface area contributed by atoms with Crippen LogP contribution in [0, 0.1) is 0 Å². The number of hydrogen-bond acceptors (Lipinski definition) is 2. The van der Waals surface area contributed by atoms with Gasteiger partial charge in [-0.05, 0) is 20.8 Å². The Morgan fingerprint density at radius 1 is 1.05 bits per heavy atom. The molecule has 0 saturated heterocycles. The third-order valence-electron chi connectivity index (χ3n) is 2.75. The van der Waals surface area contributed by atoms with Gasteiger partial charge in [-0.2, -0.15) is 5.10 Å². The highest BCUT2D eigenvalue weighted by Gasteiger charge is 2.26. The number of nitrogens with one attached hydrogen (secondary N) is 1. The Morgan fingerprint density at radius 3 is 2.05 bits per heavy atom. The van der Waals surface area contributed by atoms with Crippen molar-refractivity contribution in [2.45, 2.75) is 80.8 Å². The van der Waals surface area contributed by atoms with Crippen molar-refractivity contribution < 1.29 is 0 Å². The van der Waals surface area contributed by atoms with E-state index < -0.39 is 0 Å². The van der Waals surface area contributed by atoms with Gasteiger partial charge >= 0.3 is 0 Å². The van der Waals surface area contributed by atoms with Gasteiger partial charge in [0.25, 0.3) is 0 Å². The first-order valence-corrected chi connectivity index (χ1v) is 7.83. The molecule has 0 fully saturated rings. The summed E-state index contributed by atoms with van der Waals surface area (Å²) in [5.41, 5.74) is 2.95. The average Bonchev–Trinajstić information content (AvgIpc) is 2.92. The van der Waals surface area contributed by atoms with E-state index in [1.54, 1.807) is 0 Å². The molecular formula is C16H35N3. The lowest BCUT2D eigenvalue weighted by atomic mass is 10.00. The summed E-state index contributed by atoms with van der Waals surface area (Å²) >= 11 is 0. The van der Waals surface area contributed by atoms with Crippen LogP contribution in [0.4, 0.5) is 0 Å². The number of fused-ring (bicyclic) bond motifs is 1. The van der Waals surface area contributed by atoms with E-state index in [9.17, 15) is 0 Å². The molecule has 0 radical (unpaired) electrons. The predicted molar refractivity (Wildman–Crippen MR) is 86.5 cm³/mol. The number of aromatic amines is 1. The van der Waals surface area contributed by atoms with Crippen LogP contribution < -0.4 is 0 Å². The van der Waals surface area contributed by atoms with Crippen molar-refractivity contribution >= 4 is 0 Å². The summed E-state index contributed by atoms with van der Waals surface area (Å²) in [5.74, 6) is 0. The standard InChI is InChI=1S/C10H17N3.3C2H6/c1-10(2,3)13-5-4-9-8(7-13)6-11-12-9;3*1-2/h6H,4-5,7H2,1-3H3,(H,11,12);3*1-2H3. The van der Waals surface area contributed by atoms with E-state index >= 15 is 0 Å². The van der Waals surface area contributed by atoms with Crippen molar-refractivity contribution in [3.05, 3.63) is 17.5 Å². The van der Waals surface area contributed by atoms with Crippen molar-refractivity contribution in [3.8, 4) is 0 Å². The average molecular weight is 269 g/mol. The van der Waals surface area contributed by atoms with Gasteiger partial charge in [0, 0.05) is 36.3 Å². The zero-order valence-corrected chi connectivity index (χ0v) is 14.6. The van der Waals surface area contributed by atoms with E-state index in [0.29, 0.717) is 0 Å². The van der Waals surface area contributed by atoms with Crippen LogP contribution in [0.15, 0.2) is 6.20 Å². The largest absolute Gasteiger partial charge is 0.294 e. The summed E-state index contributed by atoms with van der Waals surface area (Å²) in [7, 11) is 0. The summed E-state index contributed by atoms with van der Waals surface area (Å²) in [5, 5.41) is 7.12. The van der Waals surface area contributed by atoms with Gasteiger partial charge in [-0.15, -0.1) is 0 Å². The van der Waals surface area contributed by atoms with E-state index in [-0.39, 0.29) is 5.54 Å². The third kappa shape index (κ3) is 6.76. The van der Waals surface area contributed by atoms with Gasteiger partial charge in [0.1, 0.15) is 0 Å². The van der Waals surface area contributed by atoms with Crippen LogP contribution >= 0.6 is 0 Å². The van der Waals surface area contributed by atoms with Crippen molar-refractivity contribution in [2.24, 2.45) is 0 Å². The summed E-state index contributed by atoms with van der Waals surface area (Å²) in [4.78, 5) is 2.49. The normalized spacial score (nSPS) is 13.7. The van der Waals surface area contributed by atoms with Gasteiger partial charge in [-0.1, -0.05) is 41.5 Å².